The Morgan fingerprint density at radius 2 is 0.714 bits per heavy atom. The predicted octanol–water partition coefficient (Wildman–Crippen LogP) is 5.89. The molecular formula is C14H40O2Si5. The summed E-state index contributed by atoms with van der Waals surface area (Å²) in [5.74, 6) is 0. The molecule has 0 fully saturated rings. The molecule has 0 saturated heterocycles. The molecular weight excluding hydrogens is 341 g/mol. The Morgan fingerprint density at radius 1 is 0.476 bits per heavy atom. The Balaban J connectivity index is 5.70. The van der Waals surface area contributed by atoms with Crippen LogP contribution in [0.15, 0.2) is 0 Å². The molecule has 2 nitrogen and oxygen atoms in total. The van der Waals surface area contributed by atoms with Crippen LogP contribution >= 0.6 is 0 Å². The molecule has 0 bridgehead atoms. The summed E-state index contributed by atoms with van der Waals surface area (Å²) in [4.78, 5) is 0. The van der Waals surface area contributed by atoms with Gasteiger partial charge in [0, 0.05) is 16.1 Å². The largest absolute Gasteiger partial charge is 0.437 e. The van der Waals surface area contributed by atoms with Gasteiger partial charge in [0.05, 0.1) is 0 Å². The van der Waals surface area contributed by atoms with E-state index in [0.717, 1.165) is 0 Å². The molecule has 0 N–H and O–H groups in total. The summed E-state index contributed by atoms with van der Waals surface area (Å²) in [5.41, 5.74) is 2.53. The fraction of sp³-hybridized carbons (Fsp3) is 1.00. The molecule has 7 heteroatoms. The van der Waals surface area contributed by atoms with Gasteiger partial charge in [-0.05, 0) is 50.6 Å². The first-order chi connectivity index (χ1) is 8.83. The lowest BCUT2D eigenvalue weighted by Crippen LogP contribution is -2.60. The molecule has 0 saturated carbocycles. The summed E-state index contributed by atoms with van der Waals surface area (Å²) in [7, 11) is -7.69. The van der Waals surface area contributed by atoms with Crippen molar-refractivity contribution < 1.29 is 8.23 Å². The highest BCUT2D eigenvalue weighted by atomic mass is 28.5. The third kappa shape index (κ3) is 12.1. The summed E-state index contributed by atoms with van der Waals surface area (Å²) >= 11 is 0. The molecule has 0 spiro atoms. The van der Waals surface area contributed by atoms with Gasteiger partial charge in [0.1, 0.15) is 0 Å². The third-order valence-corrected chi connectivity index (χ3v) is 23.3. The summed E-state index contributed by atoms with van der Waals surface area (Å²) in [5, 5.41) is 0. The van der Waals surface area contributed by atoms with Crippen LogP contribution in [0.25, 0.3) is 0 Å². The molecule has 0 aliphatic heterocycles. The highest BCUT2D eigenvalue weighted by Gasteiger charge is 2.49. The van der Waals surface area contributed by atoms with Crippen molar-refractivity contribution in [3.63, 3.8) is 0 Å². The van der Waals surface area contributed by atoms with Gasteiger partial charge in [0.2, 0.25) is 0 Å². The lowest BCUT2D eigenvalue weighted by molar-refractivity contribution is 0.387. The SMILES string of the molecule is C[Si](C)(C)C[Si](C[Si](C)(C)C)(O[Si](C)(C)C)O[Si](C)(C)C. The predicted molar refractivity (Wildman–Crippen MR) is 111 cm³/mol. The molecule has 21 heavy (non-hydrogen) atoms. The number of hydrogen-bond donors (Lipinski definition) is 0. The minimum absolute atomic E-state index is 1.21. The van der Waals surface area contributed by atoms with Crippen LogP contribution in [0.4, 0.5) is 0 Å². The van der Waals surface area contributed by atoms with Gasteiger partial charge in [-0.2, -0.15) is 0 Å². The second-order valence-corrected chi connectivity index (χ2v) is 35.8. The molecule has 0 aliphatic carbocycles. The summed E-state index contributed by atoms with van der Waals surface area (Å²) in [6, 6.07) is 0. The summed E-state index contributed by atoms with van der Waals surface area (Å²) in [6.07, 6.45) is 0. The fourth-order valence-corrected chi connectivity index (χ4v) is 30.7. The molecule has 0 amide bonds. The van der Waals surface area contributed by atoms with Crippen molar-refractivity contribution in [2.45, 2.75) is 89.9 Å². The Labute approximate surface area is 139 Å². The highest BCUT2D eigenvalue weighted by molar-refractivity contribution is 7.02. The quantitative estimate of drug-likeness (QED) is 0.489. The fourth-order valence-electron chi connectivity index (χ4n) is 2.96. The van der Waals surface area contributed by atoms with Gasteiger partial charge in [-0.25, -0.2) is 0 Å². The molecule has 128 valence electrons. The molecule has 0 rings (SSSR count). The maximum atomic E-state index is 6.91. The van der Waals surface area contributed by atoms with E-state index >= 15 is 0 Å². The van der Waals surface area contributed by atoms with Gasteiger partial charge in [0.25, 0.3) is 0 Å². The molecule has 0 aliphatic rings. The first-order valence-electron chi connectivity index (χ1n) is 8.23. The van der Waals surface area contributed by atoms with Gasteiger partial charge in [0.15, 0.2) is 16.6 Å². The first kappa shape index (κ1) is 22.0. The van der Waals surface area contributed by atoms with Crippen LogP contribution in [0.2, 0.25) is 89.9 Å². The normalized spacial score (nSPS) is 15.4. The Kier molecular flexibility index (Phi) is 7.19. The van der Waals surface area contributed by atoms with E-state index in [-0.39, 0.29) is 0 Å². The smallest absolute Gasteiger partial charge is 0.312 e. The number of rotatable bonds is 8. The van der Waals surface area contributed by atoms with E-state index in [1.54, 1.807) is 0 Å². The second kappa shape index (κ2) is 6.86. The minimum atomic E-state index is -2.09. The average Bonchev–Trinajstić information content (AvgIpc) is 1.83. The van der Waals surface area contributed by atoms with Crippen molar-refractivity contribution in [3.8, 4) is 0 Å². The first-order valence-corrected chi connectivity index (χ1v) is 24.7. The highest BCUT2D eigenvalue weighted by Crippen LogP contribution is 2.35. The molecule has 0 atom stereocenters. The van der Waals surface area contributed by atoms with Gasteiger partial charge in [-0.15, -0.1) is 0 Å². The van der Waals surface area contributed by atoms with Gasteiger partial charge in [-0.1, -0.05) is 39.3 Å². The van der Waals surface area contributed by atoms with Crippen molar-refractivity contribution in [3.05, 3.63) is 0 Å². The standard InChI is InChI=1S/C14H40O2Si5/c1-17(2,3)13-21(14-18(4,5)6,15-19(7,8)9)16-20(10,11)12/h13-14H2,1-12H3. The molecule has 0 aromatic rings. The topological polar surface area (TPSA) is 18.5 Å². The minimum Gasteiger partial charge on any atom is -0.437 e. The van der Waals surface area contributed by atoms with Crippen LogP contribution in [0.3, 0.4) is 0 Å². The zero-order valence-electron chi connectivity index (χ0n) is 16.7. The lowest BCUT2D eigenvalue weighted by atomic mass is 11.7. The van der Waals surface area contributed by atoms with Crippen LogP contribution in [0.1, 0.15) is 0 Å². The van der Waals surface area contributed by atoms with Gasteiger partial charge < -0.3 is 8.23 Å². The van der Waals surface area contributed by atoms with Crippen LogP contribution < -0.4 is 0 Å². The van der Waals surface area contributed by atoms with Crippen molar-refractivity contribution >= 4 is 41.3 Å². The van der Waals surface area contributed by atoms with E-state index < -0.39 is 41.3 Å². The average molecular weight is 381 g/mol. The van der Waals surface area contributed by atoms with E-state index in [2.05, 4.69) is 78.6 Å². The van der Waals surface area contributed by atoms with Crippen LogP contribution in [0, 0.1) is 0 Å². The Bertz CT molecular complexity index is 262. The molecule has 0 unspecified atom stereocenters. The Hall–Kier alpha value is 1.00. The van der Waals surface area contributed by atoms with Crippen molar-refractivity contribution in [1.29, 1.82) is 0 Å². The summed E-state index contributed by atoms with van der Waals surface area (Å²) in [6.45, 7) is 28.8. The van der Waals surface area contributed by atoms with E-state index in [1.165, 1.54) is 11.3 Å². The molecule has 0 aromatic heterocycles. The monoisotopic (exact) mass is 380 g/mol. The third-order valence-electron chi connectivity index (χ3n) is 2.58. The van der Waals surface area contributed by atoms with Crippen molar-refractivity contribution in [2.24, 2.45) is 0 Å². The van der Waals surface area contributed by atoms with E-state index in [0.29, 0.717) is 0 Å². The summed E-state index contributed by atoms with van der Waals surface area (Å²) < 4.78 is 13.8. The Morgan fingerprint density at radius 3 is 0.857 bits per heavy atom. The molecule has 0 aromatic carbocycles. The lowest BCUT2D eigenvalue weighted by Gasteiger charge is -2.45. The van der Waals surface area contributed by atoms with E-state index in [9.17, 15) is 0 Å². The zero-order valence-corrected chi connectivity index (χ0v) is 21.7. The van der Waals surface area contributed by atoms with E-state index in [4.69, 9.17) is 8.23 Å². The van der Waals surface area contributed by atoms with Gasteiger partial charge >= 0.3 is 8.56 Å². The van der Waals surface area contributed by atoms with Crippen LogP contribution in [-0.4, -0.2) is 41.3 Å². The van der Waals surface area contributed by atoms with E-state index in [1.807, 2.05) is 0 Å². The van der Waals surface area contributed by atoms with Crippen LogP contribution in [-0.2, 0) is 8.23 Å². The molecule has 0 radical (unpaired) electrons. The second-order valence-electron chi connectivity index (χ2n) is 10.8. The number of hydrogen-bond acceptors (Lipinski definition) is 2. The molecule has 0 heterocycles. The maximum Gasteiger partial charge on any atom is 0.312 e. The van der Waals surface area contributed by atoms with Crippen molar-refractivity contribution in [2.75, 3.05) is 0 Å². The zero-order chi connectivity index (χ0) is 17.3. The maximum absolute atomic E-state index is 6.91. The van der Waals surface area contributed by atoms with Gasteiger partial charge in [-0.3, -0.25) is 0 Å². The van der Waals surface area contributed by atoms with Crippen molar-refractivity contribution in [1.82, 2.24) is 0 Å². The van der Waals surface area contributed by atoms with Crippen LogP contribution in [0.5, 0.6) is 0 Å².